The predicted octanol–water partition coefficient (Wildman–Crippen LogP) is 2.41. The monoisotopic (exact) mass is 398 g/mol. The van der Waals surface area contributed by atoms with Gasteiger partial charge in [0.15, 0.2) is 0 Å². The van der Waals surface area contributed by atoms with Crippen LogP contribution < -0.4 is 0 Å². The van der Waals surface area contributed by atoms with Crippen LogP contribution in [0.3, 0.4) is 0 Å². The number of carbonyl (C=O) groups excluding carboxylic acids is 2. The van der Waals surface area contributed by atoms with Crippen LogP contribution in [0.15, 0.2) is 0 Å². The first kappa shape index (κ1) is 25.2. The summed E-state index contributed by atoms with van der Waals surface area (Å²) in [6, 6.07) is 0. The lowest BCUT2D eigenvalue weighted by Gasteiger charge is -2.25. The van der Waals surface area contributed by atoms with Gasteiger partial charge in [-0.2, -0.15) is 0 Å². The summed E-state index contributed by atoms with van der Waals surface area (Å²) in [7, 11) is 0. The molecular weight excluding hydrogens is 356 g/mol. The molecule has 6 nitrogen and oxygen atoms in total. The molecule has 164 valence electrons. The topological polar surface area (TPSA) is 81.1 Å². The Hall–Kier alpha value is -0.820. The summed E-state index contributed by atoms with van der Waals surface area (Å²) in [4.78, 5) is 26.7. The molecule has 2 fully saturated rings. The maximum Gasteiger partial charge on any atom is 0.135 e. The third-order valence-corrected chi connectivity index (χ3v) is 5.59. The van der Waals surface area contributed by atoms with E-state index in [0.29, 0.717) is 24.8 Å². The average molecular weight is 399 g/mol. The number of hydrogen-bond donors (Lipinski definition) is 2. The van der Waals surface area contributed by atoms with Crippen molar-refractivity contribution < 1.29 is 19.8 Å². The standard InChI is InChI=1S/2C11H21NO2/c2*13-10-4-2-1-3-7-12-8-5-11(14)6-9-12/h2*13H,1-10H2. The number of hydrogen-bond acceptors (Lipinski definition) is 6. The molecule has 0 amide bonds. The van der Waals surface area contributed by atoms with Gasteiger partial charge in [0.1, 0.15) is 11.6 Å². The highest BCUT2D eigenvalue weighted by Gasteiger charge is 2.15. The molecule has 0 aromatic rings. The summed E-state index contributed by atoms with van der Waals surface area (Å²) in [5.74, 6) is 0.836. The fourth-order valence-corrected chi connectivity index (χ4v) is 3.65. The third-order valence-electron chi connectivity index (χ3n) is 5.59. The van der Waals surface area contributed by atoms with Gasteiger partial charge >= 0.3 is 0 Å². The number of rotatable bonds is 12. The van der Waals surface area contributed by atoms with E-state index in [0.717, 1.165) is 90.6 Å². The second-order valence-electron chi connectivity index (χ2n) is 8.04. The molecule has 0 unspecified atom stereocenters. The first-order chi connectivity index (χ1) is 13.7. The number of likely N-dealkylation sites (tertiary alicyclic amines) is 2. The molecule has 0 aromatic carbocycles. The van der Waals surface area contributed by atoms with E-state index in [-0.39, 0.29) is 0 Å². The highest BCUT2D eigenvalue weighted by atomic mass is 16.3. The third kappa shape index (κ3) is 13.4. The molecule has 2 aliphatic rings. The lowest BCUT2D eigenvalue weighted by molar-refractivity contribution is -0.122. The Morgan fingerprint density at radius 3 is 1.18 bits per heavy atom. The summed E-state index contributed by atoms with van der Waals surface area (Å²) >= 11 is 0. The molecule has 0 saturated carbocycles. The zero-order valence-corrected chi connectivity index (χ0v) is 17.7. The molecule has 2 rings (SSSR count). The minimum Gasteiger partial charge on any atom is -0.396 e. The van der Waals surface area contributed by atoms with E-state index >= 15 is 0 Å². The minimum absolute atomic E-state index is 0.318. The van der Waals surface area contributed by atoms with Gasteiger partial charge in [-0.3, -0.25) is 9.59 Å². The number of piperidine rings is 2. The Labute approximate surface area is 171 Å². The first-order valence-corrected chi connectivity index (χ1v) is 11.4. The van der Waals surface area contributed by atoms with Crippen LogP contribution in [0.1, 0.15) is 77.0 Å². The van der Waals surface area contributed by atoms with Crippen LogP contribution in [-0.4, -0.2) is 84.1 Å². The van der Waals surface area contributed by atoms with Gasteiger partial charge in [0, 0.05) is 65.1 Å². The second-order valence-corrected chi connectivity index (χ2v) is 8.04. The molecule has 2 aliphatic heterocycles. The fraction of sp³-hybridized carbons (Fsp3) is 0.909. The van der Waals surface area contributed by atoms with Crippen LogP contribution in [-0.2, 0) is 9.59 Å². The van der Waals surface area contributed by atoms with Crippen LogP contribution >= 0.6 is 0 Å². The molecule has 2 N–H and O–H groups in total. The van der Waals surface area contributed by atoms with E-state index in [1.165, 1.54) is 25.7 Å². The zero-order chi connectivity index (χ0) is 20.5. The Balaban J connectivity index is 0.000000280. The quantitative estimate of drug-likeness (QED) is 0.491. The van der Waals surface area contributed by atoms with Gasteiger partial charge in [-0.1, -0.05) is 25.7 Å². The highest BCUT2D eigenvalue weighted by molar-refractivity contribution is 5.79. The summed E-state index contributed by atoms with van der Waals surface area (Å²) in [6.45, 7) is 6.71. The van der Waals surface area contributed by atoms with Crippen LogP contribution in [0.2, 0.25) is 0 Å². The van der Waals surface area contributed by atoms with Gasteiger partial charge in [0.2, 0.25) is 0 Å². The van der Waals surface area contributed by atoms with Crippen molar-refractivity contribution in [3.8, 4) is 0 Å². The summed E-state index contributed by atoms with van der Waals surface area (Å²) in [5, 5.41) is 17.2. The number of nitrogens with zero attached hydrogens (tertiary/aromatic N) is 2. The zero-order valence-electron chi connectivity index (χ0n) is 17.7. The SMILES string of the molecule is O=C1CCN(CCCCCCO)CC1.O=C1CCN(CCCCCCO)CC1. The number of unbranched alkanes of at least 4 members (excludes halogenated alkanes) is 6. The van der Waals surface area contributed by atoms with Gasteiger partial charge in [0.05, 0.1) is 0 Å². The van der Waals surface area contributed by atoms with E-state index < -0.39 is 0 Å². The van der Waals surface area contributed by atoms with Crippen LogP contribution in [0.25, 0.3) is 0 Å². The maximum absolute atomic E-state index is 11.0. The number of Topliss-reactive ketones (excluding diaryl/α,β-unsaturated/α-hetero) is 2. The van der Waals surface area contributed by atoms with Gasteiger partial charge in [0.25, 0.3) is 0 Å². The van der Waals surface area contributed by atoms with E-state index in [1.807, 2.05) is 0 Å². The average Bonchev–Trinajstić information content (AvgIpc) is 2.71. The molecule has 0 spiro atoms. The van der Waals surface area contributed by atoms with Crippen molar-refractivity contribution in [2.75, 3.05) is 52.5 Å². The van der Waals surface area contributed by atoms with E-state index in [2.05, 4.69) is 9.80 Å². The smallest absolute Gasteiger partial charge is 0.135 e. The van der Waals surface area contributed by atoms with Crippen molar-refractivity contribution in [3.05, 3.63) is 0 Å². The molecular formula is C22H42N2O4. The van der Waals surface area contributed by atoms with Crippen LogP contribution in [0.4, 0.5) is 0 Å². The lowest BCUT2D eigenvalue weighted by Crippen LogP contribution is -2.34. The molecule has 6 heteroatoms. The lowest BCUT2D eigenvalue weighted by atomic mass is 10.1. The van der Waals surface area contributed by atoms with E-state index in [1.54, 1.807) is 0 Å². The summed E-state index contributed by atoms with van der Waals surface area (Å²) < 4.78 is 0. The number of aliphatic hydroxyl groups excluding tert-OH is 2. The second kappa shape index (κ2) is 17.1. The molecule has 0 aromatic heterocycles. The van der Waals surface area contributed by atoms with Crippen LogP contribution in [0.5, 0.6) is 0 Å². The maximum atomic E-state index is 11.0. The highest BCUT2D eigenvalue weighted by Crippen LogP contribution is 2.09. The summed E-state index contributed by atoms with van der Waals surface area (Å²) in [5.41, 5.74) is 0. The molecule has 0 bridgehead atoms. The fourth-order valence-electron chi connectivity index (χ4n) is 3.65. The van der Waals surface area contributed by atoms with Gasteiger partial charge in [-0.15, -0.1) is 0 Å². The molecule has 2 heterocycles. The number of aliphatic hydroxyl groups is 2. The van der Waals surface area contributed by atoms with E-state index in [9.17, 15) is 9.59 Å². The Morgan fingerprint density at radius 2 is 0.857 bits per heavy atom. The van der Waals surface area contributed by atoms with Gasteiger partial charge in [-0.05, 0) is 38.8 Å². The molecule has 0 aliphatic carbocycles. The Bertz CT molecular complexity index is 359. The van der Waals surface area contributed by atoms with Crippen molar-refractivity contribution in [2.24, 2.45) is 0 Å². The van der Waals surface area contributed by atoms with Crippen molar-refractivity contribution in [1.29, 1.82) is 0 Å². The largest absolute Gasteiger partial charge is 0.396 e. The summed E-state index contributed by atoms with van der Waals surface area (Å²) in [6.07, 6.45) is 11.9. The molecule has 2 saturated heterocycles. The molecule has 0 radical (unpaired) electrons. The van der Waals surface area contributed by atoms with Crippen molar-refractivity contribution in [2.45, 2.75) is 77.0 Å². The predicted molar refractivity (Wildman–Crippen MR) is 112 cm³/mol. The number of ketones is 2. The van der Waals surface area contributed by atoms with Crippen molar-refractivity contribution >= 4 is 11.6 Å². The van der Waals surface area contributed by atoms with Crippen molar-refractivity contribution in [1.82, 2.24) is 9.80 Å². The molecule has 0 atom stereocenters. The van der Waals surface area contributed by atoms with Crippen molar-refractivity contribution in [3.63, 3.8) is 0 Å². The first-order valence-electron chi connectivity index (χ1n) is 11.4. The Morgan fingerprint density at radius 1 is 0.536 bits per heavy atom. The molecule has 28 heavy (non-hydrogen) atoms. The van der Waals surface area contributed by atoms with Gasteiger partial charge < -0.3 is 20.0 Å². The Kier molecular flexibility index (Phi) is 15.4. The van der Waals surface area contributed by atoms with E-state index in [4.69, 9.17) is 10.2 Å². The normalized spacial score (nSPS) is 18.8. The van der Waals surface area contributed by atoms with Gasteiger partial charge in [-0.25, -0.2) is 0 Å². The number of carbonyl (C=O) groups is 2. The van der Waals surface area contributed by atoms with Crippen LogP contribution in [0, 0.1) is 0 Å². The minimum atomic E-state index is 0.318.